The van der Waals surface area contributed by atoms with E-state index in [-0.39, 0.29) is 24.1 Å². The van der Waals surface area contributed by atoms with Gasteiger partial charge in [0.1, 0.15) is 11.6 Å². The lowest BCUT2D eigenvalue weighted by Crippen LogP contribution is -2.27. The van der Waals surface area contributed by atoms with Gasteiger partial charge in [-0.2, -0.15) is 0 Å². The smallest absolute Gasteiger partial charge is 0.305 e. The second kappa shape index (κ2) is 7.58. The molecule has 0 saturated heterocycles. The zero-order chi connectivity index (χ0) is 16.8. The van der Waals surface area contributed by atoms with Gasteiger partial charge in [-0.25, -0.2) is 4.39 Å². The largest absolute Gasteiger partial charge is 0.469 e. The molecular formula is C17H18FNO4. The maximum absolute atomic E-state index is 13.7. The summed E-state index contributed by atoms with van der Waals surface area (Å²) in [7, 11) is 2.94. The third kappa shape index (κ3) is 4.18. The van der Waals surface area contributed by atoms with Crippen LogP contribution in [0.4, 0.5) is 4.39 Å². The molecule has 0 aliphatic rings. The van der Waals surface area contributed by atoms with Crippen LogP contribution in [0.5, 0.6) is 0 Å². The number of furan rings is 1. The third-order valence-corrected chi connectivity index (χ3v) is 3.40. The Kier molecular flexibility index (Phi) is 5.51. The van der Waals surface area contributed by atoms with Crippen molar-refractivity contribution < 1.29 is 23.1 Å². The lowest BCUT2D eigenvalue weighted by molar-refractivity contribution is -0.140. The molecule has 1 amide bonds. The molecule has 2 aromatic rings. The van der Waals surface area contributed by atoms with Gasteiger partial charge < -0.3 is 14.1 Å². The second-order valence-electron chi connectivity index (χ2n) is 5.05. The number of hydrogen-bond acceptors (Lipinski definition) is 4. The predicted molar refractivity (Wildman–Crippen MR) is 82.3 cm³/mol. The number of nitrogens with zero attached hydrogens (tertiary/aromatic N) is 1. The van der Waals surface area contributed by atoms with E-state index in [4.69, 9.17) is 4.42 Å². The minimum Gasteiger partial charge on any atom is -0.469 e. The maximum atomic E-state index is 13.7. The Morgan fingerprint density at radius 3 is 2.65 bits per heavy atom. The van der Waals surface area contributed by atoms with Gasteiger partial charge >= 0.3 is 5.97 Å². The number of carbonyl (C=O) groups excluding carboxylic acids is 2. The van der Waals surface area contributed by atoms with E-state index in [1.54, 1.807) is 31.3 Å². The summed E-state index contributed by atoms with van der Waals surface area (Å²) in [6, 6.07) is 9.28. The molecule has 0 aliphatic carbocycles. The Morgan fingerprint density at radius 1 is 1.22 bits per heavy atom. The number of rotatable bonds is 6. The van der Waals surface area contributed by atoms with Gasteiger partial charge in [-0.05, 0) is 30.7 Å². The third-order valence-electron chi connectivity index (χ3n) is 3.40. The molecule has 2 rings (SSSR count). The van der Waals surface area contributed by atoms with Crippen LogP contribution < -0.4 is 0 Å². The van der Waals surface area contributed by atoms with Gasteiger partial charge in [0.2, 0.25) is 0 Å². The van der Waals surface area contributed by atoms with Crippen molar-refractivity contribution in [1.29, 1.82) is 0 Å². The number of carbonyl (C=O) groups is 2. The monoisotopic (exact) mass is 319 g/mol. The molecule has 5 nitrogen and oxygen atoms in total. The van der Waals surface area contributed by atoms with Crippen molar-refractivity contribution in [2.45, 2.75) is 12.8 Å². The van der Waals surface area contributed by atoms with Crippen LogP contribution in [-0.4, -0.2) is 37.5 Å². The molecule has 0 atom stereocenters. The van der Waals surface area contributed by atoms with E-state index in [0.717, 1.165) is 0 Å². The molecular weight excluding hydrogens is 301 g/mol. The van der Waals surface area contributed by atoms with Crippen LogP contribution in [0.15, 0.2) is 40.8 Å². The van der Waals surface area contributed by atoms with Gasteiger partial charge in [0, 0.05) is 20.0 Å². The Bertz CT molecular complexity index is 695. The highest BCUT2D eigenvalue weighted by molar-refractivity contribution is 5.92. The Morgan fingerprint density at radius 2 is 1.96 bits per heavy atom. The van der Waals surface area contributed by atoms with Crippen molar-refractivity contribution in [3.05, 3.63) is 48.0 Å². The predicted octanol–water partition coefficient (Wildman–Crippen LogP) is 3.11. The fourth-order valence-electron chi connectivity index (χ4n) is 2.11. The van der Waals surface area contributed by atoms with Crippen LogP contribution in [0.1, 0.15) is 23.4 Å². The van der Waals surface area contributed by atoms with Gasteiger partial charge in [-0.3, -0.25) is 9.59 Å². The molecule has 0 aliphatic heterocycles. The molecule has 0 spiro atoms. The summed E-state index contributed by atoms with van der Waals surface area (Å²) in [6.45, 7) is 0.393. The minimum absolute atomic E-state index is 0.129. The summed E-state index contributed by atoms with van der Waals surface area (Å²) in [6.07, 6.45) is 0.739. The first-order valence-corrected chi connectivity index (χ1v) is 7.20. The van der Waals surface area contributed by atoms with E-state index in [1.807, 2.05) is 0 Å². The van der Waals surface area contributed by atoms with Crippen molar-refractivity contribution in [3.8, 4) is 11.3 Å². The van der Waals surface area contributed by atoms with Crippen molar-refractivity contribution in [3.63, 3.8) is 0 Å². The zero-order valence-electron chi connectivity index (χ0n) is 13.0. The molecule has 0 unspecified atom stereocenters. The SMILES string of the molecule is COC(=O)CCCN(C)C(=O)c1ccc(-c2ccccc2F)o1. The van der Waals surface area contributed by atoms with E-state index in [0.29, 0.717) is 24.3 Å². The van der Waals surface area contributed by atoms with Crippen LogP contribution >= 0.6 is 0 Å². The van der Waals surface area contributed by atoms with Crippen LogP contribution in [0.3, 0.4) is 0 Å². The van der Waals surface area contributed by atoms with Crippen molar-refractivity contribution in [1.82, 2.24) is 4.90 Å². The van der Waals surface area contributed by atoms with Crippen LogP contribution in [0.25, 0.3) is 11.3 Å². The van der Waals surface area contributed by atoms with Crippen molar-refractivity contribution >= 4 is 11.9 Å². The summed E-state index contributed by atoms with van der Waals surface area (Å²) >= 11 is 0. The number of benzene rings is 1. The zero-order valence-corrected chi connectivity index (χ0v) is 13.0. The number of ether oxygens (including phenoxy) is 1. The minimum atomic E-state index is -0.410. The highest BCUT2D eigenvalue weighted by Crippen LogP contribution is 2.25. The highest BCUT2D eigenvalue weighted by atomic mass is 19.1. The van der Waals surface area contributed by atoms with Crippen LogP contribution in [-0.2, 0) is 9.53 Å². The highest BCUT2D eigenvalue weighted by Gasteiger charge is 2.17. The summed E-state index contributed by atoms with van der Waals surface area (Å²) in [5.74, 6) is -0.617. The van der Waals surface area contributed by atoms with E-state index in [2.05, 4.69) is 4.74 Å². The maximum Gasteiger partial charge on any atom is 0.305 e. The fraction of sp³-hybridized carbons (Fsp3) is 0.294. The van der Waals surface area contributed by atoms with Gasteiger partial charge in [0.05, 0.1) is 12.7 Å². The molecule has 1 aromatic heterocycles. The molecule has 0 fully saturated rings. The Balaban J connectivity index is 2.01. The molecule has 0 saturated carbocycles. The molecule has 0 N–H and O–H groups in total. The lowest BCUT2D eigenvalue weighted by Gasteiger charge is -2.15. The topological polar surface area (TPSA) is 59.8 Å². The lowest BCUT2D eigenvalue weighted by atomic mass is 10.1. The van der Waals surface area contributed by atoms with Crippen molar-refractivity contribution in [2.75, 3.05) is 20.7 Å². The molecule has 23 heavy (non-hydrogen) atoms. The van der Waals surface area contributed by atoms with E-state index in [1.165, 1.54) is 24.1 Å². The number of methoxy groups -OCH3 is 1. The first-order chi connectivity index (χ1) is 11.0. The summed E-state index contributed by atoms with van der Waals surface area (Å²) in [4.78, 5) is 24.7. The van der Waals surface area contributed by atoms with Gasteiger partial charge in [0.15, 0.2) is 5.76 Å². The molecule has 0 bridgehead atoms. The van der Waals surface area contributed by atoms with Gasteiger partial charge in [-0.15, -0.1) is 0 Å². The number of amides is 1. The summed E-state index contributed by atoms with van der Waals surface area (Å²) in [5, 5.41) is 0. The van der Waals surface area contributed by atoms with Gasteiger partial charge in [-0.1, -0.05) is 12.1 Å². The van der Waals surface area contributed by atoms with Crippen LogP contribution in [0.2, 0.25) is 0 Å². The van der Waals surface area contributed by atoms with E-state index < -0.39 is 5.82 Å². The Hall–Kier alpha value is -2.63. The molecule has 1 aromatic carbocycles. The van der Waals surface area contributed by atoms with Crippen molar-refractivity contribution in [2.24, 2.45) is 0 Å². The molecule has 6 heteroatoms. The van der Waals surface area contributed by atoms with Gasteiger partial charge in [0.25, 0.3) is 5.91 Å². The van der Waals surface area contributed by atoms with Crippen LogP contribution in [0, 0.1) is 5.82 Å². The first-order valence-electron chi connectivity index (χ1n) is 7.20. The summed E-state index contributed by atoms with van der Waals surface area (Å²) in [5.41, 5.74) is 0.305. The quantitative estimate of drug-likeness (QED) is 0.768. The fourth-order valence-corrected chi connectivity index (χ4v) is 2.11. The molecule has 1 heterocycles. The molecule has 122 valence electrons. The number of hydrogen-bond donors (Lipinski definition) is 0. The molecule has 0 radical (unpaired) electrons. The second-order valence-corrected chi connectivity index (χ2v) is 5.05. The normalized spacial score (nSPS) is 10.4. The summed E-state index contributed by atoms with van der Waals surface area (Å²) < 4.78 is 23.7. The Labute approximate surface area is 133 Å². The average Bonchev–Trinajstić information content (AvgIpc) is 3.03. The standard InChI is InChI=1S/C17H18FNO4/c1-19(11-5-8-16(20)22-2)17(21)15-10-9-14(23-15)12-6-3-4-7-13(12)18/h3-4,6-7,9-10H,5,8,11H2,1-2H3. The first kappa shape index (κ1) is 16.7. The van der Waals surface area contributed by atoms with E-state index in [9.17, 15) is 14.0 Å². The number of esters is 1. The van der Waals surface area contributed by atoms with E-state index >= 15 is 0 Å². The number of halogens is 1. The average molecular weight is 319 g/mol.